The fourth-order valence-electron chi connectivity index (χ4n) is 1.83. The molecule has 0 saturated carbocycles. The van der Waals surface area contributed by atoms with E-state index in [2.05, 4.69) is 5.32 Å². The van der Waals surface area contributed by atoms with Crippen LogP contribution in [0.1, 0.15) is 22.0 Å². The number of carbonyl (C=O) groups excluding carboxylic acids is 1. The summed E-state index contributed by atoms with van der Waals surface area (Å²) in [6.07, 6.45) is 0. The molecule has 20 heavy (non-hydrogen) atoms. The highest BCUT2D eigenvalue weighted by Crippen LogP contribution is 2.15. The zero-order valence-electron chi connectivity index (χ0n) is 10.6. The molecule has 2 aromatic rings. The summed E-state index contributed by atoms with van der Waals surface area (Å²) in [7, 11) is 0. The van der Waals surface area contributed by atoms with Crippen molar-refractivity contribution >= 4 is 23.1 Å². The first-order chi connectivity index (χ1) is 9.58. The van der Waals surface area contributed by atoms with Crippen molar-refractivity contribution in [2.75, 3.05) is 0 Å². The standard InChI is InChI=1S/C15H14N2O2S/c16-14(20)13(10-5-2-1-3-6-10)17-15(19)11-7-4-8-12(18)9-11/h1-9,13,18H,(H2,16,20)(H,17,19). The van der Waals surface area contributed by atoms with Crippen LogP contribution in [-0.4, -0.2) is 16.0 Å². The Balaban J connectivity index is 2.21. The van der Waals surface area contributed by atoms with Gasteiger partial charge in [-0.15, -0.1) is 0 Å². The summed E-state index contributed by atoms with van der Waals surface area (Å²) < 4.78 is 0. The minimum atomic E-state index is -0.541. The lowest BCUT2D eigenvalue weighted by Crippen LogP contribution is -2.36. The van der Waals surface area contributed by atoms with Gasteiger partial charge in [0, 0.05) is 5.56 Å². The van der Waals surface area contributed by atoms with E-state index in [1.54, 1.807) is 12.1 Å². The summed E-state index contributed by atoms with van der Waals surface area (Å²) in [5.74, 6) is -0.313. The molecule has 0 fully saturated rings. The first kappa shape index (κ1) is 14.0. The number of benzene rings is 2. The number of thiocarbonyl (C=S) groups is 1. The maximum absolute atomic E-state index is 12.1. The number of rotatable bonds is 4. The van der Waals surface area contributed by atoms with Crippen LogP contribution in [0, 0.1) is 0 Å². The lowest BCUT2D eigenvalue weighted by molar-refractivity contribution is 0.0946. The van der Waals surface area contributed by atoms with E-state index in [1.165, 1.54) is 12.1 Å². The summed E-state index contributed by atoms with van der Waals surface area (Å²) in [4.78, 5) is 12.3. The van der Waals surface area contributed by atoms with Crippen LogP contribution in [0.4, 0.5) is 0 Å². The van der Waals surface area contributed by atoms with Gasteiger partial charge in [-0.3, -0.25) is 4.79 Å². The van der Waals surface area contributed by atoms with Crippen LogP contribution < -0.4 is 11.1 Å². The molecule has 0 aliphatic carbocycles. The maximum Gasteiger partial charge on any atom is 0.252 e. The van der Waals surface area contributed by atoms with Gasteiger partial charge in [0.05, 0.1) is 0 Å². The number of amides is 1. The molecular formula is C15H14N2O2S. The summed E-state index contributed by atoms with van der Waals surface area (Å²) in [6, 6.07) is 14.8. The van der Waals surface area contributed by atoms with Gasteiger partial charge in [0.2, 0.25) is 0 Å². The second-order valence-electron chi connectivity index (χ2n) is 4.27. The van der Waals surface area contributed by atoms with Crippen molar-refractivity contribution in [1.82, 2.24) is 5.32 Å². The highest BCUT2D eigenvalue weighted by molar-refractivity contribution is 7.80. The van der Waals surface area contributed by atoms with Gasteiger partial charge in [-0.1, -0.05) is 48.6 Å². The van der Waals surface area contributed by atoms with Gasteiger partial charge in [-0.2, -0.15) is 0 Å². The van der Waals surface area contributed by atoms with E-state index in [9.17, 15) is 9.90 Å². The van der Waals surface area contributed by atoms with Gasteiger partial charge in [0.1, 0.15) is 16.8 Å². The monoisotopic (exact) mass is 286 g/mol. The van der Waals surface area contributed by atoms with E-state index < -0.39 is 6.04 Å². The lowest BCUT2D eigenvalue weighted by atomic mass is 10.1. The molecule has 0 heterocycles. The van der Waals surface area contributed by atoms with E-state index in [0.29, 0.717) is 5.56 Å². The highest BCUT2D eigenvalue weighted by Gasteiger charge is 2.18. The third-order valence-electron chi connectivity index (χ3n) is 2.80. The molecule has 0 spiro atoms. The van der Waals surface area contributed by atoms with Gasteiger partial charge >= 0.3 is 0 Å². The second-order valence-corrected chi connectivity index (χ2v) is 4.74. The van der Waals surface area contributed by atoms with Crippen molar-refractivity contribution < 1.29 is 9.90 Å². The molecule has 1 atom stereocenters. The van der Waals surface area contributed by atoms with Crippen LogP contribution in [0.5, 0.6) is 5.75 Å². The van der Waals surface area contributed by atoms with Crippen LogP contribution in [0.2, 0.25) is 0 Å². The molecule has 0 bridgehead atoms. The molecule has 4 N–H and O–H groups in total. The Morgan fingerprint density at radius 3 is 2.45 bits per heavy atom. The lowest BCUT2D eigenvalue weighted by Gasteiger charge is -2.18. The third-order valence-corrected chi connectivity index (χ3v) is 3.04. The zero-order valence-corrected chi connectivity index (χ0v) is 11.4. The number of phenolic OH excluding ortho intramolecular Hbond substituents is 1. The quantitative estimate of drug-likeness (QED) is 0.753. The Bertz CT molecular complexity index is 629. The van der Waals surface area contributed by atoms with Crippen molar-refractivity contribution in [3.8, 4) is 5.75 Å². The molecule has 0 radical (unpaired) electrons. The van der Waals surface area contributed by atoms with Gasteiger partial charge < -0.3 is 16.2 Å². The van der Waals surface area contributed by atoms with Gasteiger partial charge in [-0.05, 0) is 23.8 Å². The minimum Gasteiger partial charge on any atom is -0.508 e. The molecule has 4 nitrogen and oxygen atoms in total. The number of nitrogens with one attached hydrogen (secondary N) is 1. The number of hydrogen-bond acceptors (Lipinski definition) is 3. The Morgan fingerprint density at radius 1 is 1.15 bits per heavy atom. The molecule has 102 valence electrons. The van der Waals surface area contributed by atoms with E-state index in [1.807, 2.05) is 30.3 Å². The van der Waals surface area contributed by atoms with Crippen LogP contribution >= 0.6 is 12.2 Å². The topological polar surface area (TPSA) is 75.3 Å². The molecule has 2 aromatic carbocycles. The molecule has 0 saturated heterocycles. The molecule has 0 aliphatic heterocycles. The predicted molar refractivity (Wildman–Crippen MR) is 81.5 cm³/mol. The minimum absolute atomic E-state index is 0.0317. The number of aromatic hydroxyl groups is 1. The Labute approximate surface area is 122 Å². The number of carbonyl (C=O) groups is 1. The van der Waals surface area contributed by atoms with Crippen LogP contribution in [0.15, 0.2) is 54.6 Å². The van der Waals surface area contributed by atoms with Crippen molar-refractivity contribution in [2.24, 2.45) is 5.73 Å². The van der Waals surface area contributed by atoms with Gasteiger partial charge in [0.25, 0.3) is 5.91 Å². The van der Waals surface area contributed by atoms with Gasteiger partial charge in [-0.25, -0.2) is 0 Å². The summed E-state index contributed by atoms with van der Waals surface area (Å²) in [6.45, 7) is 0. The molecule has 1 unspecified atom stereocenters. The molecule has 0 aliphatic rings. The highest BCUT2D eigenvalue weighted by atomic mass is 32.1. The van der Waals surface area contributed by atoms with E-state index in [-0.39, 0.29) is 16.6 Å². The molecule has 1 amide bonds. The van der Waals surface area contributed by atoms with E-state index in [4.69, 9.17) is 18.0 Å². The summed E-state index contributed by atoms with van der Waals surface area (Å²) in [5.41, 5.74) is 6.86. The average Bonchev–Trinajstić information content (AvgIpc) is 2.45. The maximum atomic E-state index is 12.1. The van der Waals surface area contributed by atoms with E-state index >= 15 is 0 Å². The third kappa shape index (κ3) is 3.33. The molecular weight excluding hydrogens is 272 g/mol. The number of phenols is 1. The van der Waals surface area contributed by atoms with E-state index in [0.717, 1.165) is 5.56 Å². The summed E-state index contributed by atoms with van der Waals surface area (Å²) >= 11 is 5.01. The zero-order chi connectivity index (χ0) is 14.5. The van der Waals surface area contributed by atoms with Crippen LogP contribution in [0.3, 0.4) is 0 Å². The fraction of sp³-hybridized carbons (Fsp3) is 0.0667. The van der Waals surface area contributed by atoms with Crippen LogP contribution in [0.25, 0.3) is 0 Å². The number of nitrogens with two attached hydrogens (primary N) is 1. The largest absolute Gasteiger partial charge is 0.508 e. The van der Waals surface area contributed by atoms with Gasteiger partial charge in [0.15, 0.2) is 0 Å². The molecule has 5 heteroatoms. The first-order valence-electron chi connectivity index (χ1n) is 6.02. The summed E-state index contributed by atoms with van der Waals surface area (Å²) in [5, 5.41) is 12.2. The van der Waals surface area contributed by atoms with Crippen molar-refractivity contribution in [2.45, 2.75) is 6.04 Å². The Kier molecular flexibility index (Phi) is 4.32. The Hall–Kier alpha value is -2.40. The van der Waals surface area contributed by atoms with Crippen molar-refractivity contribution in [3.63, 3.8) is 0 Å². The van der Waals surface area contributed by atoms with Crippen molar-refractivity contribution in [1.29, 1.82) is 0 Å². The van der Waals surface area contributed by atoms with Crippen molar-refractivity contribution in [3.05, 3.63) is 65.7 Å². The average molecular weight is 286 g/mol. The second kappa shape index (κ2) is 6.16. The fourth-order valence-corrected chi connectivity index (χ4v) is 2.02. The Morgan fingerprint density at radius 2 is 1.85 bits per heavy atom. The first-order valence-corrected chi connectivity index (χ1v) is 6.43. The number of hydrogen-bond donors (Lipinski definition) is 3. The van der Waals surface area contributed by atoms with Crippen LogP contribution in [-0.2, 0) is 0 Å². The smallest absolute Gasteiger partial charge is 0.252 e. The predicted octanol–water partition coefficient (Wildman–Crippen LogP) is 2.15. The normalized spacial score (nSPS) is 11.6. The molecule has 0 aromatic heterocycles. The SMILES string of the molecule is NC(=S)C(NC(=O)c1cccc(O)c1)c1ccccc1. The molecule has 2 rings (SSSR count).